The zero-order valence-electron chi connectivity index (χ0n) is 13.0. The summed E-state index contributed by atoms with van der Waals surface area (Å²) >= 11 is 0. The summed E-state index contributed by atoms with van der Waals surface area (Å²) in [6.45, 7) is 0.129. The molecule has 5 nitrogen and oxygen atoms in total. The molecule has 5 heteroatoms. The van der Waals surface area contributed by atoms with E-state index in [-0.39, 0.29) is 18.5 Å². The number of carbonyl (C=O) groups excluding carboxylic acids is 2. The Balaban J connectivity index is 1.68. The first-order chi connectivity index (χ1) is 10.7. The Bertz CT molecular complexity index is 509. The van der Waals surface area contributed by atoms with Gasteiger partial charge in [-0.15, -0.1) is 0 Å². The van der Waals surface area contributed by atoms with Crippen LogP contribution < -0.4 is 10.1 Å². The summed E-state index contributed by atoms with van der Waals surface area (Å²) in [6.07, 6.45) is 5.00. The molecule has 0 radical (unpaired) electrons. The van der Waals surface area contributed by atoms with Crippen LogP contribution in [-0.2, 0) is 20.9 Å². The van der Waals surface area contributed by atoms with Gasteiger partial charge in [0.25, 0.3) is 5.91 Å². The average Bonchev–Trinajstić information content (AvgIpc) is 3.04. The van der Waals surface area contributed by atoms with E-state index in [0.717, 1.165) is 24.2 Å². The van der Waals surface area contributed by atoms with Crippen molar-refractivity contribution >= 4 is 11.9 Å². The van der Waals surface area contributed by atoms with E-state index in [4.69, 9.17) is 9.47 Å². The van der Waals surface area contributed by atoms with Crippen molar-refractivity contribution in [1.82, 2.24) is 5.32 Å². The van der Waals surface area contributed by atoms with Crippen LogP contribution in [0.5, 0.6) is 5.75 Å². The van der Waals surface area contributed by atoms with Gasteiger partial charge in [0.15, 0.2) is 6.61 Å². The maximum absolute atomic E-state index is 11.7. The molecule has 120 valence electrons. The van der Waals surface area contributed by atoms with Gasteiger partial charge in [0.05, 0.1) is 7.11 Å². The Kier molecular flexibility index (Phi) is 6.25. The largest absolute Gasteiger partial charge is 0.496 e. The number of hydrogen-bond acceptors (Lipinski definition) is 4. The number of hydrogen-bond donors (Lipinski definition) is 1. The Labute approximate surface area is 131 Å². The van der Waals surface area contributed by atoms with E-state index in [1.54, 1.807) is 7.11 Å². The van der Waals surface area contributed by atoms with Crippen LogP contribution in [0.4, 0.5) is 0 Å². The zero-order valence-corrected chi connectivity index (χ0v) is 13.0. The van der Waals surface area contributed by atoms with Gasteiger partial charge in [-0.1, -0.05) is 31.0 Å². The Hall–Kier alpha value is -2.04. The highest BCUT2D eigenvalue weighted by atomic mass is 16.5. The molecule has 0 bridgehead atoms. The van der Waals surface area contributed by atoms with Gasteiger partial charge in [0, 0.05) is 18.5 Å². The van der Waals surface area contributed by atoms with Crippen LogP contribution in [0.2, 0.25) is 0 Å². The number of amides is 1. The lowest BCUT2D eigenvalue weighted by molar-refractivity contribution is -0.149. The highest BCUT2D eigenvalue weighted by molar-refractivity contribution is 5.80. The van der Waals surface area contributed by atoms with Gasteiger partial charge in [-0.2, -0.15) is 0 Å². The molecule has 0 unspecified atom stereocenters. The SMILES string of the molecule is COc1ccccc1CNC(=O)COC(=O)CC1CCCC1. The average molecular weight is 305 g/mol. The fourth-order valence-corrected chi connectivity index (χ4v) is 2.75. The molecule has 1 aliphatic carbocycles. The van der Waals surface area contributed by atoms with E-state index in [1.807, 2.05) is 24.3 Å². The lowest BCUT2D eigenvalue weighted by Crippen LogP contribution is -2.28. The summed E-state index contributed by atoms with van der Waals surface area (Å²) in [5.41, 5.74) is 0.885. The van der Waals surface area contributed by atoms with Crippen molar-refractivity contribution in [3.05, 3.63) is 29.8 Å². The minimum Gasteiger partial charge on any atom is -0.496 e. The number of ether oxygens (including phenoxy) is 2. The molecule has 1 aromatic carbocycles. The summed E-state index contributed by atoms with van der Waals surface area (Å²) in [5.74, 6) is 0.579. The van der Waals surface area contributed by atoms with Crippen molar-refractivity contribution in [3.8, 4) is 5.75 Å². The topological polar surface area (TPSA) is 64.6 Å². The van der Waals surface area contributed by atoms with Gasteiger partial charge in [0.1, 0.15) is 5.75 Å². The van der Waals surface area contributed by atoms with Crippen LogP contribution in [-0.4, -0.2) is 25.6 Å². The molecule has 0 spiro atoms. The first-order valence-corrected chi connectivity index (χ1v) is 7.73. The molecule has 0 aliphatic heterocycles. The highest BCUT2D eigenvalue weighted by Gasteiger charge is 2.19. The van der Waals surface area contributed by atoms with E-state index in [2.05, 4.69) is 5.32 Å². The van der Waals surface area contributed by atoms with Crippen molar-refractivity contribution in [3.63, 3.8) is 0 Å². The predicted octanol–water partition coefficient (Wildman–Crippen LogP) is 2.43. The number of benzene rings is 1. The van der Waals surface area contributed by atoms with Crippen LogP contribution in [0, 0.1) is 5.92 Å². The zero-order chi connectivity index (χ0) is 15.8. The summed E-state index contributed by atoms with van der Waals surface area (Å²) < 4.78 is 10.2. The Morgan fingerprint density at radius 1 is 1.23 bits per heavy atom. The highest BCUT2D eigenvalue weighted by Crippen LogP contribution is 2.27. The quantitative estimate of drug-likeness (QED) is 0.786. The molecule has 1 aromatic rings. The lowest BCUT2D eigenvalue weighted by atomic mass is 10.1. The van der Waals surface area contributed by atoms with Gasteiger partial charge >= 0.3 is 5.97 Å². The second-order valence-corrected chi connectivity index (χ2v) is 5.60. The molecule has 0 atom stereocenters. The molecule has 1 N–H and O–H groups in total. The summed E-state index contributed by atoms with van der Waals surface area (Å²) in [6, 6.07) is 7.47. The maximum Gasteiger partial charge on any atom is 0.306 e. The van der Waals surface area contributed by atoms with Crippen molar-refractivity contribution in [2.45, 2.75) is 38.6 Å². The maximum atomic E-state index is 11.7. The van der Waals surface area contributed by atoms with E-state index < -0.39 is 0 Å². The monoisotopic (exact) mass is 305 g/mol. The lowest BCUT2D eigenvalue weighted by Gasteiger charge is -2.11. The fourth-order valence-electron chi connectivity index (χ4n) is 2.75. The van der Waals surface area contributed by atoms with E-state index in [1.165, 1.54) is 12.8 Å². The summed E-state index contributed by atoms with van der Waals surface area (Å²) in [4.78, 5) is 23.4. The van der Waals surface area contributed by atoms with Crippen molar-refractivity contribution < 1.29 is 19.1 Å². The number of methoxy groups -OCH3 is 1. The number of para-hydroxylation sites is 1. The fraction of sp³-hybridized carbons (Fsp3) is 0.529. The number of nitrogens with one attached hydrogen (secondary N) is 1. The predicted molar refractivity (Wildman–Crippen MR) is 82.4 cm³/mol. The number of carbonyl (C=O) groups is 2. The Morgan fingerprint density at radius 3 is 2.68 bits per heavy atom. The van der Waals surface area contributed by atoms with Crippen LogP contribution in [0.3, 0.4) is 0 Å². The van der Waals surface area contributed by atoms with E-state index in [0.29, 0.717) is 18.9 Å². The number of rotatable bonds is 7. The first-order valence-electron chi connectivity index (χ1n) is 7.73. The van der Waals surface area contributed by atoms with Gasteiger partial charge in [-0.3, -0.25) is 9.59 Å². The van der Waals surface area contributed by atoms with E-state index in [9.17, 15) is 9.59 Å². The third-order valence-corrected chi connectivity index (χ3v) is 3.96. The van der Waals surface area contributed by atoms with Crippen molar-refractivity contribution in [2.75, 3.05) is 13.7 Å². The molecule has 1 aliphatic rings. The van der Waals surface area contributed by atoms with Gasteiger partial charge in [-0.25, -0.2) is 0 Å². The Morgan fingerprint density at radius 2 is 1.95 bits per heavy atom. The molecule has 22 heavy (non-hydrogen) atoms. The van der Waals surface area contributed by atoms with Crippen LogP contribution in [0.15, 0.2) is 24.3 Å². The van der Waals surface area contributed by atoms with Crippen LogP contribution >= 0.6 is 0 Å². The molecule has 2 rings (SSSR count). The number of esters is 1. The van der Waals surface area contributed by atoms with Crippen LogP contribution in [0.1, 0.15) is 37.7 Å². The summed E-state index contributed by atoms with van der Waals surface area (Å²) in [5, 5.41) is 2.73. The molecular formula is C17H23NO4. The van der Waals surface area contributed by atoms with Crippen LogP contribution in [0.25, 0.3) is 0 Å². The van der Waals surface area contributed by atoms with Crippen molar-refractivity contribution in [1.29, 1.82) is 0 Å². The summed E-state index contributed by atoms with van der Waals surface area (Å²) in [7, 11) is 1.59. The van der Waals surface area contributed by atoms with E-state index >= 15 is 0 Å². The second-order valence-electron chi connectivity index (χ2n) is 5.60. The third-order valence-electron chi connectivity index (χ3n) is 3.96. The van der Waals surface area contributed by atoms with Gasteiger partial charge < -0.3 is 14.8 Å². The normalized spacial score (nSPS) is 14.6. The minimum absolute atomic E-state index is 0.222. The second kappa shape index (κ2) is 8.41. The molecular weight excluding hydrogens is 282 g/mol. The molecule has 0 saturated heterocycles. The standard InChI is InChI=1S/C17H23NO4/c1-21-15-9-5-4-8-14(15)11-18-16(19)12-22-17(20)10-13-6-2-3-7-13/h4-5,8-9,13H,2-3,6-7,10-12H2,1H3,(H,18,19). The van der Waals surface area contributed by atoms with Gasteiger partial charge in [-0.05, 0) is 24.8 Å². The van der Waals surface area contributed by atoms with Crippen molar-refractivity contribution in [2.24, 2.45) is 5.92 Å². The molecule has 1 saturated carbocycles. The molecule has 1 fully saturated rings. The first kappa shape index (κ1) is 16.3. The third kappa shape index (κ3) is 5.06. The van der Waals surface area contributed by atoms with Gasteiger partial charge in [0.2, 0.25) is 0 Å². The minimum atomic E-state index is -0.300. The molecule has 0 heterocycles. The molecule has 1 amide bonds. The smallest absolute Gasteiger partial charge is 0.306 e. The molecule has 0 aromatic heterocycles.